The van der Waals surface area contributed by atoms with E-state index < -0.39 is 0 Å². The van der Waals surface area contributed by atoms with Gasteiger partial charge in [0.15, 0.2) is 0 Å². The van der Waals surface area contributed by atoms with Gasteiger partial charge in [-0.3, -0.25) is 0 Å². The molecule has 0 fully saturated rings. The third kappa shape index (κ3) is 4.31. The molecule has 0 N–H and O–H groups in total. The molecule has 5 heteroatoms. The summed E-state index contributed by atoms with van der Waals surface area (Å²) in [6.45, 7) is 0. The molecule has 0 atom stereocenters. The summed E-state index contributed by atoms with van der Waals surface area (Å²) in [5.74, 6) is 0. The Morgan fingerprint density at radius 2 is 0.920 bits per heavy atom. The third-order valence-corrected chi connectivity index (χ3v) is 9.64. The topological polar surface area (TPSA) is 81.2 Å². The lowest BCUT2D eigenvalue weighted by Gasteiger charge is -2.18. The number of aromatic nitrogens is 2. The molecule has 0 spiro atoms. The van der Waals surface area contributed by atoms with E-state index in [1.54, 1.807) is 0 Å². The van der Waals surface area contributed by atoms with E-state index in [1.807, 2.05) is 97.1 Å². The summed E-state index contributed by atoms with van der Waals surface area (Å²) >= 11 is 0. The van der Waals surface area contributed by atoms with Crippen LogP contribution < -0.4 is 0 Å². The normalized spacial score (nSPS) is 11.1. The summed E-state index contributed by atoms with van der Waals surface area (Å²) in [5, 5.41) is 34.2. The van der Waals surface area contributed by atoms with Crippen molar-refractivity contribution >= 4 is 43.6 Å². The second kappa shape index (κ2) is 11.4. The third-order valence-electron chi connectivity index (χ3n) is 9.64. The van der Waals surface area contributed by atoms with Crippen LogP contribution in [0.1, 0.15) is 16.7 Å². The van der Waals surface area contributed by atoms with Crippen molar-refractivity contribution in [3.05, 3.63) is 168 Å². The van der Waals surface area contributed by atoms with Gasteiger partial charge in [-0.2, -0.15) is 15.8 Å². The van der Waals surface area contributed by atoms with Gasteiger partial charge in [-0.05, 0) is 71.8 Å². The van der Waals surface area contributed by atoms with Crippen LogP contribution in [0.25, 0.3) is 77.2 Å². The van der Waals surface area contributed by atoms with Crippen molar-refractivity contribution in [2.45, 2.75) is 0 Å². The van der Waals surface area contributed by atoms with Gasteiger partial charge in [0, 0.05) is 38.4 Å². The van der Waals surface area contributed by atoms with Crippen LogP contribution in [0.5, 0.6) is 0 Å². The van der Waals surface area contributed by atoms with E-state index in [2.05, 4.69) is 81.9 Å². The van der Waals surface area contributed by atoms with Gasteiger partial charge in [-0.25, -0.2) is 0 Å². The fourth-order valence-electron chi connectivity index (χ4n) is 7.47. The molecule has 2 aromatic heterocycles. The van der Waals surface area contributed by atoms with E-state index in [1.165, 1.54) is 0 Å². The van der Waals surface area contributed by atoms with E-state index in [-0.39, 0.29) is 0 Å². The summed E-state index contributed by atoms with van der Waals surface area (Å²) in [5.41, 5.74) is 11.4. The largest absolute Gasteiger partial charge is 0.309 e. The maximum Gasteiger partial charge on any atom is 0.0998 e. The summed E-state index contributed by atoms with van der Waals surface area (Å²) in [7, 11) is 0. The molecule has 0 aliphatic heterocycles. The van der Waals surface area contributed by atoms with Crippen molar-refractivity contribution in [1.82, 2.24) is 9.13 Å². The van der Waals surface area contributed by atoms with Gasteiger partial charge in [-0.1, -0.05) is 91.0 Å². The van der Waals surface area contributed by atoms with Gasteiger partial charge in [0.1, 0.15) is 0 Å². The summed E-state index contributed by atoms with van der Waals surface area (Å²) in [6, 6.07) is 57.8. The zero-order valence-electron chi connectivity index (χ0n) is 26.7. The van der Waals surface area contributed by atoms with Crippen LogP contribution in [-0.4, -0.2) is 9.13 Å². The van der Waals surface area contributed by atoms with Gasteiger partial charge in [0.25, 0.3) is 0 Å². The molecule has 230 valence electrons. The Morgan fingerprint density at radius 3 is 1.66 bits per heavy atom. The predicted molar refractivity (Wildman–Crippen MR) is 200 cm³/mol. The maximum atomic E-state index is 10.6. The highest BCUT2D eigenvalue weighted by molar-refractivity contribution is 6.11. The number of hydrogen-bond donors (Lipinski definition) is 0. The van der Waals surface area contributed by atoms with Crippen LogP contribution in [0.3, 0.4) is 0 Å². The fourth-order valence-corrected chi connectivity index (χ4v) is 7.47. The van der Waals surface area contributed by atoms with Gasteiger partial charge in [0.05, 0.1) is 62.7 Å². The highest BCUT2D eigenvalue weighted by Crippen LogP contribution is 2.41. The van der Waals surface area contributed by atoms with Crippen LogP contribution in [0.2, 0.25) is 0 Å². The molecular formula is C45H25N5. The molecule has 0 aliphatic carbocycles. The van der Waals surface area contributed by atoms with E-state index in [0.717, 1.165) is 77.2 Å². The molecule has 0 amide bonds. The number of fused-ring (bicyclic) bond motifs is 6. The molecule has 9 rings (SSSR count). The smallest absolute Gasteiger partial charge is 0.0998 e. The Bertz CT molecular complexity index is 2970. The lowest BCUT2D eigenvalue weighted by molar-refractivity contribution is 1.17. The Morgan fingerprint density at radius 1 is 0.360 bits per heavy atom. The average Bonchev–Trinajstić information content (AvgIpc) is 3.69. The summed E-state index contributed by atoms with van der Waals surface area (Å²) in [6.07, 6.45) is 0. The van der Waals surface area contributed by atoms with Crippen molar-refractivity contribution in [3.63, 3.8) is 0 Å². The quantitative estimate of drug-likeness (QED) is 0.193. The molecule has 9 aromatic rings. The van der Waals surface area contributed by atoms with Crippen LogP contribution in [0.4, 0.5) is 0 Å². The number of hydrogen-bond acceptors (Lipinski definition) is 3. The average molecular weight is 636 g/mol. The van der Waals surface area contributed by atoms with Crippen molar-refractivity contribution in [3.8, 4) is 51.8 Å². The second-order valence-electron chi connectivity index (χ2n) is 12.3. The number of para-hydroxylation sites is 3. The van der Waals surface area contributed by atoms with Gasteiger partial charge >= 0.3 is 0 Å². The molecule has 50 heavy (non-hydrogen) atoms. The van der Waals surface area contributed by atoms with Crippen LogP contribution in [-0.2, 0) is 0 Å². The molecule has 0 unspecified atom stereocenters. The predicted octanol–water partition coefficient (Wildman–Crippen LogP) is 10.8. The highest BCUT2D eigenvalue weighted by Gasteiger charge is 2.20. The number of nitriles is 3. The number of rotatable bonds is 4. The summed E-state index contributed by atoms with van der Waals surface area (Å²) < 4.78 is 4.40. The molecule has 0 saturated carbocycles. The van der Waals surface area contributed by atoms with Crippen molar-refractivity contribution in [1.29, 1.82) is 15.8 Å². The number of nitrogens with zero attached hydrogens (tertiary/aromatic N) is 5. The summed E-state index contributed by atoms with van der Waals surface area (Å²) in [4.78, 5) is 0. The minimum atomic E-state index is 0.552. The van der Waals surface area contributed by atoms with Crippen LogP contribution in [0, 0.1) is 34.0 Å². The van der Waals surface area contributed by atoms with Crippen LogP contribution in [0.15, 0.2) is 152 Å². The molecule has 7 aromatic carbocycles. The minimum Gasteiger partial charge on any atom is -0.309 e. The van der Waals surface area contributed by atoms with Crippen molar-refractivity contribution in [2.24, 2.45) is 0 Å². The molecule has 0 saturated heterocycles. The zero-order chi connectivity index (χ0) is 33.8. The van der Waals surface area contributed by atoms with E-state index >= 15 is 0 Å². The fraction of sp³-hybridized carbons (Fsp3) is 0. The lowest BCUT2D eigenvalue weighted by Crippen LogP contribution is -1.99. The Labute approximate surface area is 287 Å². The molecule has 0 radical (unpaired) electrons. The van der Waals surface area contributed by atoms with E-state index in [9.17, 15) is 15.8 Å². The standard InChI is InChI=1S/C45H25N5/c46-26-29-18-22-44-40(23-29)38-13-5-8-16-43(38)50(44)42-15-7-3-11-36(42)35-10-2-1-9-34(35)33-21-19-32(25-31(33)28-48)49-41-14-6-4-12-37(41)39-20-17-30(27-47)24-45(39)49/h1-25H. The number of benzene rings is 7. The Kier molecular flexibility index (Phi) is 6.56. The van der Waals surface area contributed by atoms with Crippen molar-refractivity contribution in [2.75, 3.05) is 0 Å². The first kappa shape index (κ1) is 28.8. The van der Waals surface area contributed by atoms with E-state index in [0.29, 0.717) is 16.7 Å². The highest BCUT2D eigenvalue weighted by atomic mass is 15.0. The van der Waals surface area contributed by atoms with Crippen molar-refractivity contribution < 1.29 is 0 Å². The van der Waals surface area contributed by atoms with Gasteiger partial charge < -0.3 is 9.13 Å². The zero-order valence-corrected chi connectivity index (χ0v) is 26.7. The Balaban J connectivity index is 1.25. The van der Waals surface area contributed by atoms with Crippen LogP contribution >= 0.6 is 0 Å². The van der Waals surface area contributed by atoms with E-state index in [4.69, 9.17) is 0 Å². The maximum absolute atomic E-state index is 10.6. The lowest BCUT2D eigenvalue weighted by atomic mass is 9.91. The SMILES string of the molecule is N#Cc1ccc2c(c1)c1ccccc1n2-c1ccccc1-c1ccccc1-c1ccc(-n2c3ccccc3c3ccc(C#N)cc32)cc1C#N. The van der Waals surface area contributed by atoms with Gasteiger partial charge in [0.2, 0.25) is 0 Å². The molecule has 2 heterocycles. The monoisotopic (exact) mass is 635 g/mol. The molecule has 0 bridgehead atoms. The van der Waals surface area contributed by atoms with Gasteiger partial charge in [-0.15, -0.1) is 0 Å². The molecule has 5 nitrogen and oxygen atoms in total. The first-order valence-corrected chi connectivity index (χ1v) is 16.3. The first-order valence-electron chi connectivity index (χ1n) is 16.3. The first-order chi connectivity index (χ1) is 24.7. The molecule has 0 aliphatic rings. The molecular weight excluding hydrogens is 611 g/mol. The minimum absolute atomic E-state index is 0.552. The second-order valence-corrected chi connectivity index (χ2v) is 12.3. The Hall–Kier alpha value is -7.39.